The molecule has 234 valence electrons. The van der Waals surface area contributed by atoms with Crippen LogP contribution in [-0.2, 0) is 0 Å². The molecule has 0 saturated heterocycles. The van der Waals surface area contributed by atoms with E-state index in [0.29, 0.717) is 17.5 Å². The number of benzene rings is 8. The Morgan fingerprint density at radius 1 is 0.240 bits per heavy atom. The van der Waals surface area contributed by atoms with Gasteiger partial charge in [0.05, 0.1) is 0 Å². The predicted molar refractivity (Wildman–Crippen MR) is 207 cm³/mol. The molecule has 9 rings (SSSR count). The first kappa shape index (κ1) is 29.4. The summed E-state index contributed by atoms with van der Waals surface area (Å²) in [6, 6.07) is 65.9. The van der Waals surface area contributed by atoms with Crippen LogP contribution in [0.25, 0.3) is 89.1 Å². The number of hydrogen-bond donors (Lipinski definition) is 0. The lowest BCUT2D eigenvalue weighted by Crippen LogP contribution is -2.01. The third kappa shape index (κ3) is 5.61. The monoisotopic (exact) mass is 637 g/mol. The highest BCUT2D eigenvalue weighted by Crippen LogP contribution is 2.34. The molecule has 0 unspecified atom stereocenters. The third-order valence-electron chi connectivity index (χ3n) is 9.36. The number of aromatic nitrogens is 3. The van der Waals surface area contributed by atoms with Gasteiger partial charge in [-0.05, 0) is 61.0 Å². The lowest BCUT2D eigenvalue weighted by atomic mass is 9.96. The van der Waals surface area contributed by atoms with Gasteiger partial charge in [0.1, 0.15) is 0 Å². The van der Waals surface area contributed by atoms with Gasteiger partial charge in [-0.15, -0.1) is 0 Å². The summed E-state index contributed by atoms with van der Waals surface area (Å²) in [5.74, 6) is 1.93. The molecule has 50 heavy (non-hydrogen) atoms. The summed E-state index contributed by atoms with van der Waals surface area (Å²) >= 11 is 0. The molecular weight excluding hydrogens is 607 g/mol. The maximum absolute atomic E-state index is 5.10. The van der Waals surface area contributed by atoms with Crippen LogP contribution in [0, 0.1) is 0 Å². The normalized spacial score (nSPS) is 11.2. The standard InChI is InChI=1S/C47H31N3/c1-2-12-35(13-3-1)43-18-8-9-19-44(43)47-49-45(48-46(50-47)40-30-25-32-11-4-5-15-39(32)31-40)38-28-23-34(24-29-38)33-21-26-37(27-22-33)42-20-10-16-36-14-6-7-17-41(36)42/h1-31H. The smallest absolute Gasteiger partial charge is 0.164 e. The lowest BCUT2D eigenvalue weighted by molar-refractivity contribution is 1.07. The van der Waals surface area contributed by atoms with Crippen molar-refractivity contribution in [3.8, 4) is 67.5 Å². The van der Waals surface area contributed by atoms with Crippen molar-refractivity contribution in [3.63, 3.8) is 0 Å². The SMILES string of the molecule is c1ccc(-c2ccccc2-c2nc(-c3ccc(-c4ccc(-c5cccc6ccccc56)cc4)cc3)nc(-c3ccc4ccccc4c3)n2)cc1. The van der Waals surface area contributed by atoms with E-state index in [1.165, 1.54) is 27.3 Å². The molecule has 0 spiro atoms. The third-order valence-corrected chi connectivity index (χ3v) is 9.36. The van der Waals surface area contributed by atoms with Crippen molar-refractivity contribution in [1.29, 1.82) is 0 Å². The predicted octanol–water partition coefficient (Wildman–Crippen LogP) is 12.2. The zero-order valence-electron chi connectivity index (χ0n) is 27.2. The fraction of sp³-hybridized carbons (Fsp3) is 0. The number of hydrogen-bond acceptors (Lipinski definition) is 3. The molecule has 0 atom stereocenters. The highest BCUT2D eigenvalue weighted by atomic mass is 15.0. The van der Waals surface area contributed by atoms with Gasteiger partial charge >= 0.3 is 0 Å². The molecular formula is C47H31N3. The largest absolute Gasteiger partial charge is 0.208 e. The minimum atomic E-state index is 0.638. The topological polar surface area (TPSA) is 38.7 Å². The van der Waals surface area contributed by atoms with Crippen molar-refractivity contribution in [2.24, 2.45) is 0 Å². The average Bonchev–Trinajstić information content (AvgIpc) is 3.21. The molecule has 1 heterocycles. The Labute approximate surface area is 291 Å². The van der Waals surface area contributed by atoms with Crippen LogP contribution in [0.4, 0.5) is 0 Å². The molecule has 0 aliphatic heterocycles. The molecule has 0 radical (unpaired) electrons. The van der Waals surface area contributed by atoms with E-state index in [4.69, 9.17) is 15.0 Å². The fourth-order valence-corrected chi connectivity index (χ4v) is 6.76. The van der Waals surface area contributed by atoms with Crippen LogP contribution < -0.4 is 0 Å². The van der Waals surface area contributed by atoms with Gasteiger partial charge in [0.15, 0.2) is 17.5 Å². The molecule has 1 aromatic heterocycles. The Hall–Kier alpha value is -6.71. The summed E-state index contributed by atoms with van der Waals surface area (Å²) in [5.41, 5.74) is 9.79. The summed E-state index contributed by atoms with van der Waals surface area (Å²) < 4.78 is 0. The van der Waals surface area contributed by atoms with Gasteiger partial charge in [0.2, 0.25) is 0 Å². The van der Waals surface area contributed by atoms with E-state index in [2.05, 4.69) is 176 Å². The van der Waals surface area contributed by atoms with E-state index in [9.17, 15) is 0 Å². The Morgan fingerprint density at radius 2 is 0.720 bits per heavy atom. The molecule has 0 amide bonds. The first-order chi connectivity index (χ1) is 24.8. The van der Waals surface area contributed by atoms with Crippen LogP contribution in [-0.4, -0.2) is 15.0 Å². The van der Waals surface area contributed by atoms with E-state index >= 15 is 0 Å². The Kier molecular flexibility index (Phi) is 7.49. The quantitative estimate of drug-likeness (QED) is 0.182. The summed E-state index contributed by atoms with van der Waals surface area (Å²) in [6.07, 6.45) is 0. The van der Waals surface area contributed by atoms with E-state index in [1.54, 1.807) is 0 Å². The van der Waals surface area contributed by atoms with Crippen LogP contribution in [0.2, 0.25) is 0 Å². The van der Waals surface area contributed by atoms with Gasteiger partial charge in [-0.3, -0.25) is 0 Å². The second-order valence-corrected chi connectivity index (χ2v) is 12.5. The van der Waals surface area contributed by atoms with Crippen molar-refractivity contribution in [1.82, 2.24) is 15.0 Å². The summed E-state index contributed by atoms with van der Waals surface area (Å²) in [4.78, 5) is 15.2. The van der Waals surface area contributed by atoms with Crippen LogP contribution in [0.3, 0.4) is 0 Å². The fourth-order valence-electron chi connectivity index (χ4n) is 6.76. The molecule has 0 aliphatic rings. The van der Waals surface area contributed by atoms with E-state index in [-0.39, 0.29) is 0 Å². The Morgan fingerprint density at radius 3 is 1.48 bits per heavy atom. The Bertz CT molecular complexity index is 2620. The molecule has 0 saturated carbocycles. The summed E-state index contributed by atoms with van der Waals surface area (Å²) in [6.45, 7) is 0. The second-order valence-electron chi connectivity index (χ2n) is 12.5. The van der Waals surface area contributed by atoms with Crippen molar-refractivity contribution in [2.75, 3.05) is 0 Å². The number of fused-ring (bicyclic) bond motifs is 2. The molecule has 8 aromatic carbocycles. The highest BCUT2D eigenvalue weighted by molar-refractivity contribution is 5.97. The average molecular weight is 638 g/mol. The minimum absolute atomic E-state index is 0.638. The zero-order valence-corrected chi connectivity index (χ0v) is 27.2. The van der Waals surface area contributed by atoms with Gasteiger partial charge in [-0.25, -0.2) is 15.0 Å². The van der Waals surface area contributed by atoms with Crippen LogP contribution in [0.1, 0.15) is 0 Å². The zero-order chi connectivity index (χ0) is 33.3. The molecule has 3 heteroatoms. The van der Waals surface area contributed by atoms with Gasteiger partial charge in [0, 0.05) is 16.7 Å². The van der Waals surface area contributed by atoms with Gasteiger partial charge in [-0.2, -0.15) is 0 Å². The first-order valence-electron chi connectivity index (χ1n) is 16.9. The first-order valence-corrected chi connectivity index (χ1v) is 16.9. The van der Waals surface area contributed by atoms with E-state index < -0.39 is 0 Å². The van der Waals surface area contributed by atoms with Gasteiger partial charge < -0.3 is 0 Å². The van der Waals surface area contributed by atoms with Crippen LogP contribution in [0.15, 0.2) is 188 Å². The van der Waals surface area contributed by atoms with Crippen molar-refractivity contribution in [3.05, 3.63) is 188 Å². The summed E-state index contributed by atoms with van der Waals surface area (Å²) in [5, 5.41) is 4.84. The molecule has 0 bridgehead atoms. The van der Waals surface area contributed by atoms with Gasteiger partial charge in [0.25, 0.3) is 0 Å². The van der Waals surface area contributed by atoms with Crippen molar-refractivity contribution >= 4 is 21.5 Å². The maximum Gasteiger partial charge on any atom is 0.164 e. The molecule has 0 aliphatic carbocycles. The number of rotatable bonds is 6. The maximum atomic E-state index is 5.10. The second kappa shape index (κ2) is 12.7. The molecule has 9 aromatic rings. The lowest BCUT2D eigenvalue weighted by Gasteiger charge is -2.12. The summed E-state index contributed by atoms with van der Waals surface area (Å²) in [7, 11) is 0. The molecule has 0 N–H and O–H groups in total. The van der Waals surface area contributed by atoms with Crippen LogP contribution >= 0.6 is 0 Å². The van der Waals surface area contributed by atoms with Crippen molar-refractivity contribution in [2.45, 2.75) is 0 Å². The van der Waals surface area contributed by atoms with E-state index in [0.717, 1.165) is 44.3 Å². The van der Waals surface area contributed by atoms with Gasteiger partial charge in [-0.1, -0.05) is 182 Å². The number of nitrogens with zero attached hydrogens (tertiary/aromatic N) is 3. The minimum Gasteiger partial charge on any atom is -0.208 e. The van der Waals surface area contributed by atoms with E-state index in [1.807, 2.05) is 12.1 Å². The molecule has 3 nitrogen and oxygen atoms in total. The van der Waals surface area contributed by atoms with Crippen molar-refractivity contribution < 1.29 is 0 Å². The Balaban J connectivity index is 1.11. The molecule has 0 fully saturated rings. The highest BCUT2D eigenvalue weighted by Gasteiger charge is 2.16. The van der Waals surface area contributed by atoms with Crippen LogP contribution in [0.5, 0.6) is 0 Å².